The van der Waals surface area contributed by atoms with Crippen LogP contribution in [-0.4, -0.2) is 27.0 Å². The largest absolute Gasteiger partial charge is 0.497 e. The highest BCUT2D eigenvalue weighted by atomic mass is 16.5. The van der Waals surface area contributed by atoms with E-state index in [0.29, 0.717) is 23.8 Å². The van der Waals surface area contributed by atoms with Crippen molar-refractivity contribution in [2.45, 2.75) is 26.7 Å². The van der Waals surface area contributed by atoms with Crippen molar-refractivity contribution in [2.24, 2.45) is 0 Å². The number of nitrogens with zero attached hydrogens (tertiary/aromatic N) is 4. The zero-order valence-corrected chi connectivity index (χ0v) is 17.7. The molecule has 31 heavy (non-hydrogen) atoms. The second kappa shape index (κ2) is 8.71. The molecule has 3 N–H and O–H groups in total. The highest BCUT2D eigenvalue weighted by Gasteiger charge is 2.13. The lowest BCUT2D eigenvalue weighted by molar-refractivity contribution is 0.415. The molecule has 0 aliphatic heterocycles. The average molecular weight is 413 g/mol. The SMILES string of the molecule is COc1ccc(Nc2nc(Nc3c(C)cc(CCC#N)cc3C)nc3nc[nH]c23)cc1. The molecule has 0 bridgehead atoms. The number of methoxy groups -OCH3 is 1. The zero-order chi connectivity index (χ0) is 21.8. The first-order chi connectivity index (χ1) is 15.1. The summed E-state index contributed by atoms with van der Waals surface area (Å²) in [5, 5.41) is 15.5. The smallest absolute Gasteiger partial charge is 0.231 e. The van der Waals surface area contributed by atoms with Crippen LogP contribution in [-0.2, 0) is 6.42 Å². The molecule has 0 fully saturated rings. The zero-order valence-electron chi connectivity index (χ0n) is 17.7. The number of nitriles is 1. The number of H-pyrrole nitrogens is 1. The van der Waals surface area contributed by atoms with E-state index in [0.717, 1.165) is 45.8 Å². The minimum absolute atomic E-state index is 0.451. The number of nitrogens with one attached hydrogen (secondary N) is 3. The molecule has 156 valence electrons. The maximum Gasteiger partial charge on any atom is 0.231 e. The van der Waals surface area contributed by atoms with Crippen molar-refractivity contribution in [3.05, 3.63) is 59.4 Å². The minimum atomic E-state index is 0.451. The molecule has 0 spiro atoms. The molecule has 4 aromatic rings. The summed E-state index contributed by atoms with van der Waals surface area (Å²) in [7, 11) is 1.64. The Balaban J connectivity index is 1.65. The summed E-state index contributed by atoms with van der Waals surface area (Å²) in [6.07, 6.45) is 2.85. The topological polar surface area (TPSA) is 112 Å². The Morgan fingerprint density at radius 2 is 1.81 bits per heavy atom. The summed E-state index contributed by atoms with van der Waals surface area (Å²) >= 11 is 0. The minimum Gasteiger partial charge on any atom is -0.497 e. The summed E-state index contributed by atoms with van der Waals surface area (Å²) in [5.74, 6) is 1.86. The Bertz CT molecular complexity index is 1230. The van der Waals surface area contributed by atoms with Crippen molar-refractivity contribution < 1.29 is 4.74 Å². The number of aromatic nitrogens is 4. The maximum atomic E-state index is 8.84. The molecule has 2 aromatic carbocycles. The van der Waals surface area contributed by atoms with Crippen LogP contribution in [0.15, 0.2) is 42.7 Å². The number of imidazole rings is 1. The number of anilines is 4. The molecule has 4 rings (SSSR count). The Hall–Kier alpha value is -4.12. The van der Waals surface area contributed by atoms with Gasteiger partial charge in [0.2, 0.25) is 5.95 Å². The first-order valence-corrected chi connectivity index (χ1v) is 9.93. The number of ether oxygens (including phenoxy) is 1. The summed E-state index contributed by atoms with van der Waals surface area (Å²) in [4.78, 5) is 16.6. The number of aryl methyl sites for hydroxylation is 3. The van der Waals surface area contributed by atoms with E-state index < -0.39 is 0 Å². The Kier molecular flexibility index (Phi) is 5.67. The quantitative estimate of drug-likeness (QED) is 0.394. The van der Waals surface area contributed by atoms with Gasteiger partial charge >= 0.3 is 0 Å². The van der Waals surface area contributed by atoms with Gasteiger partial charge in [-0.3, -0.25) is 0 Å². The van der Waals surface area contributed by atoms with Crippen LogP contribution in [0.2, 0.25) is 0 Å². The van der Waals surface area contributed by atoms with Gasteiger partial charge in [-0.05, 0) is 61.2 Å². The van der Waals surface area contributed by atoms with Crippen molar-refractivity contribution in [1.82, 2.24) is 19.9 Å². The molecule has 0 unspecified atom stereocenters. The van der Waals surface area contributed by atoms with Gasteiger partial charge in [0, 0.05) is 17.8 Å². The summed E-state index contributed by atoms with van der Waals surface area (Å²) in [6.45, 7) is 4.07. The lowest BCUT2D eigenvalue weighted by atomic mass is 10.0. The molecular formula is C23H23N7O. The third-order valence-corrected chi connectivity index (χ3v) is 4.99. The van der Waals surface area contributed by atoms with Crippen LogP contribution < -0.4 is 15.4 Å². The molecular weight excluding hydrogens is 390 g/mol. The van der Waals surface area contributed by atoms with Crippen LogP contribution in [0.5, 0.6) is 5.75 Å². The van der Waals surface area contributed by atoms with Gasteiger partial charge in [-0.25, -0.2) is 4.98 Å². The normalized spacial score (nSPS) is 10.6. The molecule has 2 heterocycles. The van der Waals surface area contributed by atoms with Gasteiger partial charge in [0.15, 0.2) is 11.5 Å². The fraction of sp³-hybridized carbons (Fsp3) is 0.217. The van der Waals surface area contributed by atoms with Crippen molar-refractivity contribution in [1.29, 1.82) is 5.26 Å². The lowest BCUT2D eigenvalue weighted by Crippen LogP contribution is -2.05. The van der Waals surface area contributed by atoms with E-state index in [9.17, 15) is 0 Å². The summed E-state index contributed by atoms with van der Waals surface area (Å²) in [5.41, 5.74) is 6.40. The fourth-order valence-corrected chi connectivity index (χ4v) is 3.50. The van der Waals surface area contributed by atoms with Crippen LogP contribution in [0.3, 0.4) is 0 Å². The van der Waals surface area contributed by atoms with E-state index in [1.54, 1.807) is 13.4 Å². The number of hydrogen-bond donors (Lipinski definition) is 3. The van der Waals surface area contributed by atoms with Gasteiger partial charge in [0.25, 0.3) is 0 Å². The van der Waals surface area contributed by atoms with Crippen molar-refractivity contribution in [2.75, 3.05) is 17.7 Å². The van der Waals surface area contributed by atoms with E-state index in [2.05, 4.69) is 48.8 Å². The number of rotatable bonds is 7. The molecule has 0 radical (unpaired) electrons. The van der Waals surface area contributed by atoms with E-state index in [1.807, 2.05) is 38.1 Å². The predicted octanol–water partition coefficient (Wildman–Crippen LogP) is 4.92. The Morgan fingerprint density at radius 1 is 1.06 bits per heavy atom. The first-order valence-electron chi connectivity index (χ1n) is 9.93. The lowest BCUT2D eigenvalue weighted by Gasteiger charge is -2.15. The molecule has 0 saturated carbocycles. The van der Waals surface area contributed by atoms with Gasteiger partial charge in [-0.1, -0.05) is 12.1 Å². The van der Waals surface area contributed by atoms with Gasteiger partial charge in [-0.2, -0.15) is 15.2 Å². The molecule has 8 heteroatoms. The fourth-order valence-electron chi connectivity index (χ4n) is 3.50. The van der Waals surface area contributed by atoms with Crippen molar-refractivity contribution in [3.63, 3.8) is 0 Å². The molecule has 0 aliphatic carbocycles. The van der Waals surface area contributed by atoms with Gasteiger partial charge in [0.05, 0.1) is 19.5 Å². The van der Waals surface area contributed by atoms with Crippen molar-refractivity contribution in [3.8, 4) is 11.8 Å². The first kappa shape index (κ1) is 20.2. The van der Waals surface area contributed by atoms with Crippen LogP contribution >= 0.6 is 0 Å². The number of benzene rings is 2. The van der Waals surface area contributed by atoms with Gasteiger partial charge < -0.3 is 20.4 Å². The molecule has 0 aliphatic rings. The second-order valence-corrected chi connectivity index (χ2v) is 7.24. The second-order valence-electron chi connectivity index (χ2n) is 7.24. The van der Waals surface area contributed by atoms with Gasteiger partial charge in [0.1, 0.15) is 11.3 Å². The van der Waals surface area contributed by atoms with Crippen LogP contribution in [0.4, 0.5) is 23.1 Å². The number of fused-ring (bicyclic) bond motifs is 1. The van der Waals surface area contributed by atoms with Gasteiger partial charge in [-0.15, -0.1) is 0 Å². The number of hydrogen-bond acceptors (Lipinski definition) is 7. The third kappa shape index (κ3) is 4.41. The molecule has 0 saturated heterocycles. The van der Waals surface area contributed by atoms with Crippen molar-refractivity contribution >= 4 is 34.3 Å². The molecule has 0 atom stereocenters. The van der Waals surface area contributed by atoms with E-state index in [4.69, 9.17) is 10.00 Å². The average Bonchev–Trinajstić information content (AvgIpc) is 3.24. The van der Waals surface area contributed by atoms with E-state index >= 15 is 0 Å². The van der Waals surface area contributed by atoms with Crippen LogP contribution in [0.25, 0.3) is 11.2 Å². The number of aromatic amines is 1. The Morgan fingerprint density at radius 3 is 2.48 bits per heavy atom. The highest BCUT2D eigenvalue weighted by Crippen LogP contribution is 2.28. The molecule has 2 aromatic heterocycles. The van der Waals surface area contributed by atoms with E-state index in [1.165, 1.54) is 0 Å². The molecule has 8 nitrogen and oxygen atoms in total. The van der Waals surface area contributed by atoms with Crippen LogP contribution in [0.1, 0.15) is 23.1 Å². The third-order valence-electron chi connectivity index (χ3n) is 4.99. The predicted molar refractivity (Wildman–Crippen MR) is 121 cm³/mol. The molecule has 0 amide bonds. The maximum absolute atomic E-state index is 8.84. The summed E-state index contributed by atoms with van der Waals surface area (Å²) < 4.78 is 5.22. The highest BCUT2D eigenvalue weighted by molar-refractivity contribution is 5.86. The summed E-state index contributed by atoms with van der Waals surface area (Å²) in [6, 6.07) is 14.0. The van der Waals surface area contributed by atoms with Crippen LogP contribution in [0, 0.1) is 25.2 Å². The standard InChI is InChI=1S/C23H23N7O/c1-14-11-16(5-4-10-24)12-15(2)19(14)28-23-29-21-20(25-13-26-21)22(30-23)27-17-6-8-18(31-3)9-7-17/h6-9,11-13H,4-5H2,1-3H3,(H3,25,26,27,28,29,30). The Labute approximate surface area is 180 Å². The van der Waals surface area contributed by atoms with E-state index in [-0.39, 0.29) is 0 Å². The monoisotopic (exact) mass is 413 g/mol.